The van der Waals surface area contributed by atoms with Crippen molar-refractivity contribution in [1.82, 2.24) is 5.32 Å². The van der Waals surface area contributed by atoms with E-state index in [1.165, 1.54) is 18.2 Å². The van der Waals surface area contributed by atoms with E-state index in [0.717, 1.165) is 47.5 Å². The predicted octanol–water partition coefficient (Wildman–Crippen LogP) is 4.38. The molecule has 2 heterocycles. The lowest BCUT2D eigenvalue weighted by Gasteiger charge is -2.21. The predicted molar refractivity (Wildman–Crippen MR) is 101 cm³/mol. The van der Waals surface area contributed by atoms with Crippen LogP contribution in [-0.4, -0.2) is 20.3 Å². The SMILES string of the molecule is O=S(=O)(c1cccc(F)c1)c1ccc2c3c(oc2c1)C(CCBr)NCC3. The van der Waals surface area contributed by atoms with E-state index in [0.29, 0.717) is 5.58 Å². The number of alkyl halides is 1. The van der Waals surface area contributed by atoms with Gasteiger partial charge in [-0.1, -0.05) is 22.0 Å². The molecule has 0 saturated heterocycles. The molecule has 1 aromatic heterocycles. The lowest BCUT2D eigenvalue weighted by atomic mass is 9.98. The summed E-state index contributed by atoms with van der Waals surface area (Å²) >= 11 is 3.46. The standard InChI is InChI=1S/C19H17BrFNO3S/c20-8-6-17-19-16(7-9-22-17)15-5-4-14(11-18(15)25-19)26(23,24)13-3-1-2-12(21)10-13/h1-5,10-11,17,22H,6-9H2. The summed E-state index contributed by atoms with van der Waals surface area (Å²) in [5.41, 5.74) is 1.69. The molecule has 1 unspecified atom stereocenters. The van der Waals surface area contributed by atoms with Gasteiger partial charge in [-0.15, -0.1) is 0 Å². The first kappa shape index (κ1) is 17.7. The van der Waals surface area contributed by atoms with Crippen molar-refractivity contribution in [2.45, 2.75) is 28.7 Å². The minimum absolute atomic E-state index is 0.0630. The molecular weight excluding hydrogens is 421 g/mol. The molecule has 1 aliphatic heterocycles. The van der Waals surface area contributed by atoms with E-state index in [1.54, 1.807) is 18.2 Å². The van der Waals surface area contributed by atoms with Gasteiger partial charge in [0, 0.05) is 28.9 Å². The van der Waals surface area contributed by atoms with E-state index in [2.05, 4.69) is 21.2 Å². The van der Waals surface area contributed by atoms with Crippen LogP contribution in [0, 0.1) is 5.82 Å². The Bertz CT molecular complexity index is 1080. The fraction of sp³-hybridized carbons (Fsp3) is 0.263. The van der Waals surface area contributed by atoms with Gasteiger partial charge in [0.15, 0.2) is 0 Å². The molecule has 0 spiro atoms. The number of hydrogen-bond donors (Lipinski definition) is 1. The number of halogens is 2. The molecule has 26 heavy (non-hydrogen) atoms. The van der Waals surface area contributed by atoms with E-state index < -0.39 is 15.7 Å². The lowest BCUT2D eigenvalue weighted by Crippen LogP contribution is -2.29. The van der Waals surface area contributed by atoms with Crippen molar-refractivity contribution in [3.8, 4) is 0 Å². The minimum Gasteiger partial charge on any atom is -0.459 e. The summed E-state index contributed by atoms with van der Waals surface area (Å²) in [4.78, 5) is 0.0405. The van der Waals surface area contributed by atoms with Gasteiger partial charge in [-0.2, -0.15) is 0 Å². The summed E-state index contributed by atoms with van der Waals surface area (Å²) in [6.45, 7) is 0.864. The number of benzene rings is 2. The molecule has 7 heteroatoms. The average molecular weight is 438 g/mol. The highest BCUT2D eigenvalue weighted by atomic mass is 79.9. The second kappa shape index (κ2) is 6.79. The summed E-state index contributed by atoms with van der Waals surface area (Å²) in [6, 6.07) is 10.1. The van der Waals surface area contributed by atoms with Crippen molar-refractivity contribution in [1.29, 1.82) is 0 Å². The molecule has 0 bridgehead atoms. The van der Waals surface area contributed by atoms with Crippen molar-refractivity contribution >= 4 is 36.7 Å². The fourth-order valence-corrected chi connectivity index (χ4v) is 5.20. The van der Waals surface area contributed by atoms with E-state index in [9.17, 15) is 12.8 Å². The number of sulfone groups is 1. The molecule has 0 fully saturated rings. The van der Waals surface area contributed by atoms with Gasteiger partial charge in [0.05, 0.1) is 15.8 Å². The van der Waals surface area contributed by atoms with Crippen molar-refractivity contribution in [3.63, 3.8) is 0 Å². The van der Waals surface area contributed by atoms with Crippen LogP contribution in [0.15, 0.2) is 56.7 Å². The molecule has 0 amide bonds. The maximum Gasteiger partial charge on any atom is 0.206 e. The highest BCUT2D eigenvalue weighted by molar-refractivity contribution is 9.09. The third-order valence-corrected chi connectivity index (χ3v) is 6.90. The molecule has 4 nitrogen and oxygen atoms in total. The average Bonchev–Trinajstić information content (AvgIpc) is 3.01. The molecule has 0 saturated carbocycles. The fourth-order valence-electron chi connectivity index (χ4n) is 3.43. The van der Waals surface area contributed by atoms with Gasteiger partial charge < -0.3 is 9.73 Å². The Morgan fingerprint density at radius 1 is 1.19 bits per heavy atom. The molecule has 3 aromatic rings. The first-order chi connectivity index (χ1) is 12.5. The third-order valence-electron chi connectivity index (χ3n) is 4.69. The van der Waals surface area contributed by atoms with Gasteiger partial charge in [-0.3, -0.25) is 0 Å². The van der Waals surface area contributed by atoms with Crippen LogP contribution in [0.25, 0.3) is 11.0 Å². The van der Waals surface area contributed by atoms with Crippen molar-refractivity contribution < 1.29 is 17.2 Å². The van der Waals surface area contributed by atoms with Gasteiger partial charge in [-0.25, -0.2) is 12.8 Å². The van der Waals surface area contributed by atoms with E-state index >= 15 is 0 Å². The topological polar surface area (TPSA) is 59.3 Å². The Hall–Kier alpha value is -1.70. The number of rotatable bonds is 4. The number of fused-ring (bicyclic) bond motifs is 3. The van der Waals surface area contributed by atoms with Gasteiger partial charge >= 0.3 is 0 Å². The van der Waals surface area contributed by atoms with Crippen LogP contribution in [0.3, 0.4) is 0 Å². The number of hydrogen-bond acceptors (Lipinski definition) is 4. The molecule has 1 atom stereocenters. The van der Waals surface area contributed by atoms with Crippen LogP contribution in [0.5, 0.6) is 0 Å². The summed E-state index contributed by atoms with van der Waals surface area (Å²) in [7, 11) is -3.80. The first-order valence-corrected chi connectivity index (χ1v) is 11.0. The summed E-state index contributed by atoms with van der Waals surface area (Å²) < 4.78 is 45.1. The Morgan fingerprint density at radius 2 is 2.00 bits per heavy atom. The molecule has 2 aromatic carbocycles. The number of furan rings is 1. The van der Waals surface area contributed by atoms with Gasteiger partial charge in [-0.05, 0) is 43.2 Å². The highest BCUT2D eigenvalue weighted by Crippen LogP contribution is 2.36. The second-order valence-electron chi connectivity index (χ2n) is 6.30. The smallest absolute Gasteiger partial charge is 0.206 e. The monoisotopic (exact) mass is 437 g/mol. The molecule has 1 aliphatic rings. The largest absolute Gasteiger partial charge is 0.459 e. The Balaban J connectivity index is 1.81. The zero-order valence-electron chi connectivity index (χ0n) is 13.8. The Labute approximate surface area is 159 Å². The van der Waals surface area contributed by atoms with E-state index in [-0.39, 0.29) is 15.8 Å². The summed E-state index contributed by atoms with van der Waals surface area (Å²) in [6.07, 6.45) is 1.73. The van der Waals surface area contributed by atoms with Crippen LogP contribution in [-0.2, 0) is 16.3 Å². The third kappa shape index (κ3) is 2.98. The molecule has 1 N–H and O–H groups in total. The van der Waals surface area contributed by atoms with Gasteiger partial charge in [0.2, 0.25) is 9.84 Å². The lowest BCUT2D eigenvalue weighted by molar-refractivity contribution is 0.399. The van der Waals surface area contributed by atoms with Crippen LogP contribution in [0.4, 0.5) is 4.39 Å². The van der Waals surface area contributed by atoms with Gasteiger partial charge in [0.1, 0.15) is 17.2 Å². The van der Waals surface area contributed by atoms with E-state index in [1.807, 2.05) is 0 Å². The maximum atomic E-state index is 13.4. The quantitative estimate of drug-likeness (QED) is 0.615. The van der Waals surface area contributed by atoms with Crippen molar-refractivity contribution in [3.05, 3.63) is 59.6 Å². The van der Waals surface area contributed by atoms with Gasteiger partial charge in [0.25, 0.3) is 0 Å². The van der Waals surface area contributed by atoms with Crippen LogP contribution in [0.1, 0.15) is 23.8 Å². The zero-order chi connectivity index (χ0) is 18.3. The molecule has 0 aliphatic carbocycles. The first-order valence-electron chi connectivity index (χ1n) is 8.36. The summed E-state index contributed by atoms with van der Waals surface area (Å²) in [5, 5.41) is 5.22. The van der Waals surface area contributed by atoms with Crippen LogP contribution in [0.2, 0.25) is 0 Å². The Morgan fingerprint density at radius 3 is 2.77 bits per heavy atom. The second-order valence-corrected chi connectivity index (χ2v) is 9.04. The number of nitrogens with one attached hydrogen (secondary N) is 1. The molecule has 136 valence electrons. The normalized spacial score (nSPS) is 17.4. The Kier molecular flexibility index (Phi) is 4.62. The van der Waals surface area contributed by atoms with Crippen LogP contribution < -0.4 is 5.32 Å². The maximum absolute atomic E-state index is 13.4. The summed E-state index contributed by atoms with van der Waals surface area (Å²) in [5.74, 6) is 0.301. The van der Waals surface area contributed by atoms with Crippen LogP contribution >= 0.6 is 15.9 Å². The molecule has 4 rings (SSSR count). The van der Waals surface area contributed by atoms with Crippen molar-refractivity contribution in [2.75, 3.05) is 11.9 Å². The molecule has 0 radical (unpaired) electrons. The minimum atomic E-state index is -3.80. The highest BCUT2D eigenvalue weighted by Gasteiger charge is 2.27. The van der Waals surface area contributed by atoms with E-state index in [4.69, 9.17) is 4.42 Å². The van der Waals surface area contributed by atoms with Crippen molar-refractivity contribution in [2.24, 2.45) is 0 Å². The zero-order valence-corrected chi connectivity index (χ0v) is 16.2. The molecular formula is C19H17BrFNO3S.